The van der Waals surface area contributed by atoms with Gasteiger partial charge >= 0.3 is 0 Å². The van der Waals surface area contributed by atoms with E-state index in [0.29, 0.717) is 5.88 Å². The molecule has 0 radical (unpaired) electrons. The van der Waals surface area contributed by atoms with Gasteiger partial charge in [0.2, 0.25) is 0 Å². The van der Waals surface area contributed by atoms with E-state index in [4.69, 9.17) is 11.6 Å². The minimum atomic E-state index is 0.432. The largest absolute Gasteiger partial charge is 0.148 e. The van der Waals surface area contributed by atoms with Crippen LogP contribution in [0.1, 0.15) is 5.01 Å². The third kappa shape index (κ3) is 2.07. The lowest BCUT2D eigenvalue weighted by atomic mass is 10.2. The van der Waals surface area contributed by atoms with Crippen LogP contribution in [-0.2, 0) is 5.88 Å². The van der Waals surface area contributed by atoms with Crippen LogP contribution < -0.4 is 0 Å². The Labute approximate surface area is 104 Å². The van der Waals surface area contributed by atoms with Crippen molar-refractivity contribution in [3.8, 4) is 10.6 Å². The van der Waals surface area contributed by atoms with Crippen molar-refractivity contribution in [2.24, 2.45) is 0 Å². The number of hydrogen-bond acceptors (Lipinski definition) is 3. The summed E-state index contributed by atoms with van der Waals surface area (Å²) in [7, 11) is 0. The third-order valence-corrected chi connectivity index (χ3v) is 3.99. The second kappa shape index (κ2) is 4.55. The lowest BCUT2D eigenvalue weighted by Gasteiger charge is -1.97. The molecule has 2 rings (SSSR count). The zero-order valence-electron chi connectivity index (χ0n) is 7.08. The van der Waals surface area contributed by atoms with Gasteiger partial charge in [-0.3, -0.25) is 0 Å². The number of alkyl halides is 1. The summed E-state index contributed by atoms with van der Waals surface area (Å²) in [6.07, 6.45) is 0. The zero-order valence-corrected chi connectivity index (χ0v) is 10.8. The minimum absolute atomic E-state index is 0.432. The van der Waals surface area contributed by atoms with Crippen molar-refractivity contribution in [3.63, 3.8) is 0 Å². The van der Waals surface area contributed by atoms with Crippen molar-refractivity contribution in [3.05, 3.63) is 32.8 Å². The normalized spacial score (nSPS) is 10.4. The predicted octanol–water partition coefficient (Wildman–Crippen LogP) is 3.55. The second-order valence-corrected chi connectivity index (χ2v) is 5.11. The highest BCUT2D eigenvalue weighted by atomic mass is 127. The molecule has 5 heteroatoms. The second-order valence-electron chi connectivity index (χ2n) is 2.61. The molecular weight excluding hydrogens is 331 g/mol. The molecule has 0 saturated heterocycles. The number of aromatic nitrogens is 2. The highest BCUT2D eigenvalue weighted by molar-refractivity contribution is 14.1. The molecule has 72 valence electrons. The molecule has 0 aliphatic heterocycles. The number of hydrogen-bond donors (Lipinski definition) is 0. The van der Waals surface area contributed by atoms with E-state index in [1.807, 2.05) is 18.2 Å². The molecule has 0 aliphatic rings. The Hall–Kier alpha value is -0.200. The topological polar surface area (TPSA) is 25.8 Å². The van der Waals surface area contributed by atoms with Gasteiger partial charge in [-0.2, -0.15) is 0 Å². The quantitative estimate of drug-likeness (QED) is 0.619. The van der Waals surface area contributed by atoms with Crippen LogP contribution in [0, 0.1) is 3.57 Å². The van der Waals surface area contributed by atoms with Gasteiger partial charge in [0.05, 0.1) is 5.88 Å². The van der Waals surface area contributed by atoms with E-state index in [0.717, 1.165) is 15.6 Å². The van der Waals surface area contributed by atoms with Crippen molar-refractivity contribution in [2.75, 3.05) is 0 Å². The average Bonchev–Trinajstić information content (AvgIpc) is 2.67. The van der Waals surface area contributed by atoms with Crippen LogP contribution in [0.15, 0.2) is 24.3 Å². The summed E-state index contributed by atoms with van der Waals surface area (Å²) in [5.74, 6) is 0.432. The van der Waals surface area contributed by atoms with Crippen molar-refractivity contribution < 1.29 is 0 Å². The van der Waals surface area contributed by atoms with Gasteiger partial charge in [0.15, 0.2) is 0 Å². The Balaban J connectivity index is 2.44. The Morgan fingerprint density at radius 2 is 2.07 bits per heavy atom. The molecule has 0 atom stereocenters. The maximum atomic E-state index is 5.67. The summed E-state index contributed by atoms with van der Waals surface area (Å²) in [5, 5.41) is 9.88. The van der Waals surface area contributed by atoms with Gasteiger partial charge < -0.3 is 0 Å². The van der Waals surface area contributed by atoms with Crippen molar-refractivity contribution in [1.82, 2.24) is 10.2 Å². The smallest absolute Gasteiger partial charge is 0.142 e. The molecule has 2 aromatic rings. The van der Waals surface area contributed by atoms with E-state index in [9.17, 15) is 0 Å². The molecule has 14 heavy (non-hydrogen) atoms. The summed E-state index contributed by atoms with van der Waals surface area (Å²) in [4.78, 5) is 0. The number of halogens is 2. The molecule has 1 heterocycles. The summed E-state index contributed by atoms with van der Waals surface area (Å²) >= 11 is 9.51. The summed E-state index contributed by atoms with van der Waals surface area (Å²) in [5.41, 5.74) is 1.13. The molecule has 0 aliphatic carbocycles. The molecule has 2 nitrogen and oxygen atoms in total. The van der Waals surface area contributed by atoms with Gasteiger partial charge in [-0.15, -0.1) is 21.8 Å². The molecule has 1 aromatic carbocycles. The maximum Gasteiger partial charge on any atom is 0.148 e. The zero-order chi connectivity index (χ0) is 9.97. The van der Waals surface area contributed by atoms with Gasteiger partial charge in [0.25, 0.3) is 0 Å². The van der Waals surface area contributed by atoms with E-state index < -0.39 is 0 Å². The van der Waals surface area contributed by atoms with Crippen LogP contribution in [0.3, 0.4) is 0 Å². The van der Waals surface area contributed by atoms with Gasteiger partial charge in [0, 0.05) is 9.13 Å². The van der Waals surface area contributed by atoms with Gasteiger partial charge in [-0.05, 0) is 28.7 Å². The van der Waals surface area contributed by atoms with Crippen molar-refractivity contribution in [1.29, 1.82) is 0 Å². The Kier molecular flexibility index (Phi) is 3.35. The first-order valence-electron chi connectivity index (χ1n) is 3.94. The number of rotatable bonds is 2. The summed E-state index contributed by atoms with van der Waals surface area (Å²) < 4.78 is 1.18. The molecule has 0 unspecified atom stereocenters. The third-order valence-electron chi connectivity index (χ3n) is 1.69. The van der Waals surface area contributed by atoms with Crippen molar-refractivity contribution in [2.45, 2.75) is 5.88 Å². The van der Waals surface area contributed by atoms with Crippen molar-refractivity contribution >= 4 is 45.5 Å². The highest BCUT2D eigenvalue weighted by Gasteiger charge is 2.07. The molecule has 0 bridgehead atoms. The molecule has 0 amide bonds. The van der Waals surface area contributed by atoms with Gasteiger partial charge in [-0.1, -0.05) is 29.5 Å². The van der Waals surface area contributed by atoms with E-state index in [2.05, 4.69) is 38.9 Å². The van der Waals surface area contributed by atoms with Crippen LogP contribution in [0.25, 0.3) is 10.6 Å². The van der Waals surface area contributed by atoms with E-state index in [1.165, 1.54) is 3.57 Å². The fourth-order valence-corrected chi connectivity index (χ4v) is 2.82. The average molecular weight is 337 g/mol. The van der Waals surface area contributed by atoms with Crippen LogP contribution >= 0.6 is 45.5 Å². The maximum absolute atomic E-state index is 5.67. The van der Waals surface area contributed by atoms with E-state index >= 15 is 0 Å². The first kappa shape index (κ1) is 10.3. The van der Waals surface area contributed by atoms with Gasteiger partial charge in [-0.25, -0.2) is 0 Å². The van der Waals surface area contributed by atoms with Crippen LogP contribution in [0.2, 0.25) is 0 Å². The van der Waals surface area contributed by atoms with Crippen LogP contribution in [0.5, 0.6) is 0 Å². The Bertz CT molecular complexity index is 444. The summed E-state index contributed by atoms with van der Waals surface area (Å²) in [6.45, 7) is 0. The Morgan fingerprint density at radius 1 is 1.29 bits per heavy atom. The highest BCUT2D eigenvalue weighted by Crippen LogP contribution is 2.28. The first-order chi connectivity index (χ1) is 6.81. The summed E-state index contributed by atoms with van der Waals surface area (Å²) in [6, 6.07) is 8.10. The monoisotopic (exact) mass is 336 g/mol. The van der Waals surface area contributed by atoms with E-state index in [-0.39, 0.29) is 0 Å². The molecule has 0 spiro atoms. The van der Waals surface area contributed by atoms with E-state index in [1.54, 1.807) is 11.3 Å². The molecular formula is C9H6ClIN2S. The number of nitrogens with zero attached hydrogens (tertiary/aromatic N) is 2. The Morgan fingerprint density at radius 3 is 2.71 bits per heavy atom. The molecule has 1 aromatic heterocycles. The lowest BCUT2D eigenvalue weighted by Crippen LogP contribution is -1.80. The lowest BCUT2D eigenvalue weighted by molar-refractivity contribution is 1.04. The van der Waals surface area contributed by atoms with Gasteiger partial charge in [0.1, 0.15) is 10.0 Å². The predicted molar refractivity (Wildman–Crippen MR) is 67.6 cm³/mol. The number of benzene rings is 1. The first-order valence-corrected chi connectivity index (χ1v) is 6.37. The van der Waals surface area contributed by atoms with Crippen LogP contribution in [-0.4, -0.2) is 10.2 Å². The molecule has 0 saturated carbocycles. The molecule has 0 N–H and O–H groups in total. The fraction of sp³-hybridized carbons (Fsp3) is 0.111. The van der Waals surface area contributed by atoms with Crippen LogP contribution in [0.4, 0.5) is 0 Å². The minimum Gasteiger partial charge on any atom is -0.142 e. The molecule has 0 fully saturated rings. The standard InChI is InChI=1S/C9H6ClIN2S/c10-5-8-12-13-9(14-8)6-3-1-2-4-7(6)11/h1-4H,5H2. The SMILES string of the molecule is ClCc1nnc(-c2ccccc2I)s1. The fourth-order valence-electron chi connectivity index (χ4n) is 1.05.